The van der Waals surface area contributed by atoms with Crippen LogP contribution < -0.4 is 10.9 Å². The van der Waals surface area contributed by atoms with Gasteiger partial charge in [-0.25, -0.2) is 0 Å². The number of aromatic nitrogens is 1. The summed E-state index contributed by atoms with van der Waals surface area (Å²) in [5.74, 6) is 0.609. The molecule has 1 heterocycles. The lowest BCUT2D eigenvalue weighted by Gasteiger charge is -2.25. The molecule has 0 saturated heterocycles. The number of carbonyl (C=O) groups excluding carboxylic acids is 2. The van der Waals surface area contributed by atoms with Gasteiger partial charge in [0.05, 0.1) is 28.1 Å². The highest BCUT2D eigenvalue weighted by molar-refractivity contribution is 8.03. The van der Waals surface area contributed by atoms with E-state index >= 15 is 0 Å². The van der Waals surface area contributed by atoms with Crippen molar-refractivity contribution in [2.45, 2.75) is 16.2 Å². The largest absolute Gasteiger partial charge is 0.355 e. The molecule has 0 aliphatic heterocycles. The highest BCUT2D eigenvalue weighted by Gasteiger charge is 2.35. The molecule has 6 rings (SSSR count). The molecule has 15 heteroatoms. The van der Waals surface area contributed by atoms with Crippen LogP contribution >= 0.6 is 23.5 Å². The zero-order chi connectivity index (χ0) is 34.9. The number of benzene rings is 4. The maximum absolute atomic E-state index is 14.2. The van der Waals surface area contributed by atoms with Gasteiger partial charge in [0, 0.05) is 44.2 Å². The number of nitrogens with one attached hydrogen (secondary N) is 2. The number of thioether (sulfide) groups is 2. The standard InChI is InChI=1S/C34H28N2O9S4/c37-32(20-8-2-1-3-9-20)30-27-23-12-4-5-13-24(23)33(38)28-25(19-26(49(43,44)45)31(29(27)28)36-34(30)39)35-21-10-6-11-22(18-21)47-16-15-46-14-7-17-48(40,41)42/h1-6,8-13,18-19,35H,7,14-17H2,(H,36,39)(H,40,41,42)(H,43,44,45). The van der Waals surface area contributed by atoms with E-state index in [1.807, 2.05) is 6.07 Å². The second-order valence-corrected chi connectivity index (χ2v) is 16.4. The minimum atomic E-state index is -4.96. The predicted molar refractivity (Wildman–Crippen MR) is 192 cm³/mol. The first-order valence-electron chi connectivity index (χ1n) is 14.8. The van der Waals surface area contributed by atoms with Crippen LogP contribution in [-0.4, -0.2) is 65.5 Å². The van der Waals surface area contributed by atoms with E-state index in [2.05, 4.69) is 10.3 Å². The van der Waals surface area contributed by atoms with Gasteiger partial charge in [-0.1, -0.05) is 60.7 Å². The van der Waals surface area contributed by atoms with E-state index in [-0.39, 0.29) is 55.7 Å². The number of pyridine rings is 1. The van der Waals surface area contributed by atoms with Crippen LogP contribution in [0.4, 0.5) is 11.4 Å². The summed E-state index contributed by atoms with van der Waals surface area (Å²) in [4.78, 5) is 44.4. The average molecular weight is 737 g/mol. The molecule has 0 fully saturated rings. The molecule has 4 N–H and O–H groups in total. The van der Waals surface area contributed by atoms with Crippen molar-refractivity contribution < 1.29 is 35.5 Å². The summed E-state index contributed by atoms with van der Waals surface area (Å²) in [6, 6.07) is 22.8. The summed E-state index contributed by atoms with van der Waals surface area (Å²) in [5, 5.41) is 3.16. The number of fused-ring (bicyclic) bond motifs is 2. The quantitative estimate of drug-likeness (QED) is 0.0465. The average Bonchev–Trinajstić information content (AvgIpc) is 3.06. The molecule has 49 heavy (non-hydrogen) atoms. The van der Waals surface area contributed by atoms with Crippen molar-refractivity contribution in [1.82, 2.24) is 4.98 Å². The van der Waals surface area contributed by atoms with Crippen LogP contribution in [0.5, 0.6) is 0 Å². The smallest absolute Gasteiger partial charge is 0.296 e. The van der Waals surface area contributed by atoms with Gasteiger partial charge in [-0.3, -0.25) is 23.5 Å². The number of carbonyl (C=O) groups is 2. The third-order valence-corrected chi connectivity index (χ3v) is 11.8. The van der Waals surface area contributed by atoms with Crippen LogP contribution in [0.2, 0.25) is 0 Å². The van der Waals surface area contributed by atoms with Crippen LogP contribution in [0.15, 0.2) is 99.5 Å². The molecule has 1 aromatic heterocycles. The highest BCUT2D eigenvalue weighted by atomic mass is 32.2. The lowest BCUT2D eigenvalue weighted by molar-refractivity contribution is 0.102. The number of hydrogen-bond donors (Lipinski definition) is 4. The minimum Gasteiger partial charge on any atom is -0.355 e. The zero-order valence-electron chi connectivity index (χ0n) is 25.5. The topological polar surface area (TPSA) is 188 Å². The van der Waals surface area contributed by atoms with Crippen LogP contribution in [-0.2, 0) is 20.2 Å². The molecule has 0 amide bonds. The Kier molecular flexibility index (Phi) is 9.84. The van der Waals surface area contributed by atoms with Crippen molar-refractivity contribution in [1.29, 1.82) is 0 Å². The number of rotatable bonds is 13. The van der Waals surface area contributed by atoms with Gasteiger partial charge in [0.2, 0.25) is 0 Å². The number of anilines is 2. The van der Waals surface area contributed by atoms with E-state index in [1.165, 1.54) is 11.8 Å². The maximum atomic E-state index is 14.2. The molecule has 4 aromatic carbocycles. The molecular formula is C34H28N2O9S4. The Hall–Kier alpha value is -4.25. The Morgan fingerprint density at radius 1 is 0.796 bits per heavy atom. The summed E-state index contributed by atoms with van der Waals surface area (Å²) in [7, 11) is -8.94. The Morgan fingerprint density at radius 2 is 1.51 bits per heavy atom. The minimum absolute atomic E-state index is 0.0109. The normalized spacial score (nSPS) is 12.6. The monoisotopic (exact) mass is 736 g/mol. The third-order valence-electron chi connectivity index (χ3n) is 7.77. The van der Waals surface area contributed by atoms with Crippen LogP contribution in [0, 0.1) is 0 Å². The molecule has 0 radical (unpaired) electrons. The first kappa shape index (κ1) is 34.6. The van der Waals surface area contributed by atoms with Crippen molar-refractivity contribution in [2.75, 3.05) is 28.3 Å². The van der Waals surface area contributed by atoms with Gasteiger partial charge in [0.15, 0.2) is 11.6 Å². The number of H-pyrrole nitrogens is 1. The van der Waals surface area contributed by atoms with Crippen molar-refractivity contribution in [3.8, 4) is 11.1 Å². The van der Waals surface area contributed by atoms with Gasteiger partial charge in [0.1, 0.15) is 4.90 Å². The van der Waals surface area contributed by atoms with Crippen molar-refractivity contribution in [3.05, 3.63) is 118 Å². The number of aromatic amines is 1. The fraction of sp³-hybridized carbons (Fsp3) is 0.147. The van der Waals surface area contributed by atoms with Gasteiger partial charge < -0.3 is 10.3 Å². The Balaban J connectivity index is 1.44. The van der Waals surface area contributed by atoms with Crippen LogP contribution in [0.1, 0.15) is 38.3 Å². The van der Waals surface area contributed by atoms with Gasteiger partial charge in [-0.15, -0.1) is 11.8 Å². The van der Waals surface area contributed by atoms with Gasteiger partial charge in [-0.2, -0.15) is 28.6 Å². The number of ketones is 2. The first-order valence-corrected chi connectivity index (χ1v) is 20.0. The van der Waals surface area contributed by atoms with Crippen molar-refractivity contribution in [3.63, 3.8) is 0 Å². The highest BCUT2D eigenvalue weighted by Crippen LogP contribution is 2.45. The Morgan fingerprint density at radius 3 is 2.22 bits per heavy atom. The number of hydrogen-bond acceptors (Lipinski definition) is 10. The van der Waals surface area contributed by atoms with Crippen LogP contribution in [0.25, 0.3) is 22.0 Å². The summed E-state index contributed by atoms with van der Waals surface area (Å²) >= 11 is 3.09. The fourth-order valence-corrected chi connectivity index (χ4v) is 9.07. The SMILES string of the molecule is O=C(c1ccccc1)c1c2c3c(c(Nc4cccc(SCCSCCCS(=O)(=O)O)c4)cc(S(=O)(=O)O)c3[nH]c1=O)C(=O)c1ccccc1-2. The first-order chi connectivity index (χ1) is 23.3. The Labute approximate surface area is 290 Å². The van der Waals surface area contributed by atoms with Gasteiger partial charge >= 0.3 is 0 Å². The lowest BCUT2D eigenvalue weighted by Crippen LogP contribution is -2.25. The molecule has 0 atom stereocenters. The van der Waals surface area contributed by atoms with E-state index in [4.69, 9.17) is 4.55 Å². The molecule has 0 bridgehead atoms. The molecule has 0 spiro atoms. The lowest BCUT2D eigenvalue weighted by atomic mass is 9.80. The summed E-state index contributed by atoms with van der Waals surface area (Å²) in [6.45, 7) is 0. The predicted octanol–water partition coefficient (Wildman–Crippen LogP) is 6.06. The second kappa shape index (κ2) is 13.9. The van der Waals surface area contributed by atoms with E-state index in [1.54, 1.807) is 84.6 Å². The van der Waals surface area contributed by atoms with Gasteiger partial charge in [0.25, 0.3) is 25.8 Å². The van der Waals surface area contributed by atoms with E-state index in [9.17, 15) is 35.8 Å². The summed E-state index contributed by atoms with van der Waals surface area (Å²) in [5.41, 5.74) is -0.0790. The molecule has 0 saturated carbocycles. The molecule has 0 unspecified atom stereocenters. The van der Waals surface area contributed by atoms with Gasteiger partial charge in [-0.05, 0) is 42.0 Å². The Bertz CT molecular complexity index is 2410. The molecule has 5 aromatic rings. The zero-order valence-corrected chi connectivity index (χ0v) is 28.8. The van der Waals surface area contributed by atoms with Crippen LogP contribution in [0.3, 0.4) is 0 Å². The summed E-state index contributed by atoms with van der Waals surface area (Å²) in [6.07, 6.45) is 0.341. The summed E-state index contributed by atoms with van der Waals surface area (Å²) < 4.78 is 66.5. The van der Waals surface area contributed by atoms with Crippen molar-refractivity contribution >= 4 is 77.6 Å². The van der Waals surface area contributed by atoms with E-state index < -0.39 is 42.3 Å². The second-order valence-electron chi connectivity index (χ2n) is 11.0. The molecule has 252 valence electrons. The maximum Gasteiger partial charge on any atom is 0.296 e. The molecule has 1 aliphatic rings. The third kappa shape index (κ3) is 7.37. The van der Waals surface area contributed by atoms with Crippen molar-refractivity contribution in [2.24, 2.45) is 0 Å². The molecule has 11 nitrogen and oxygen atoms in total. The van der Waals surface area contributed by atoms with E-state index in [0.29, 0.717) is 23.6 Å². The molecular weight excluding hydrogens is 709 g/mol. The fourth-order valence-electron chi connectivity index (χ4n) is 5.72. The molecule has 1 aliphatic carbocycles. The van der Waals surface area contributed by atoms with E-state index in [0.717, 1.165) is 16.7 Å².